The SMILES string of the molecule is C[C@H](Oc1ccccc1Br)C(=O)N/N=C\c1ccc([N+](=O)[O-])o1. The topological polar surface area (TPSA) is 107 Å². The van der Waals surface area contributed by atoms with Crippen molar-refractivity contribution in [2.75, 3.05) is 0 Å². The number of para-hydroxylation sites is 1. The summed E-state index contributed by atoms with van der Waals surface area (Å²) in [7, 11) is 0. The molecule has 120 valence electrons. The van der Waals surface area contributed by atoms with Crippen molar-refractivity contribution in [3.05, 3.63) is 56.7 Å². The summed E-state index contributed by atoms with van der Waals surface area (Å²) < 4.78 is 11.1. The number of hydrogen-bond acceptors (Lipinski definition) is 6. The summed E-state index contributed by atoms with van der Waals surface area (Å²) in [6.45, 7) is 1.57. The molecule has 2 aromatic rings. The van der Waals surface area contributed by atoms with Gasteiger partial charge in [-0.05, 0) is 41.1 Å². The fraction of sp³-hybridized carbons (Fsp3) is 0.143. The maximum absolute atomic E-state index is 11.9. The highest BCUT2D eigenvalue weighted by molar-refractivity contribution is 9.10. The molecule has 0 saturated carbocycles. The molecule has 0 aliphatic rings. The molecule has 0 bridgehead atoms. The molecule has 0 unspecified atom stereocenters. The first-order chi connectivity index (χ1) is 11.0. The number of amides is 1. The Bertz CT molecular complexity index is 744. The average Bonchev–Trinajstić information content (AvgIpc) is 2.98. The number of rotatable bonds is 6. The summed E-state index contributed by atoms with van der Waals surface area (Å²) in [5.74, 6) is -0.196. The van der Waals surface area contributed by atoms with Crippen molar-refractivity contribution in [3.8, 4) is 5.75 Å². The second-order valence-corrected chi connectivity index (χ2v) is 5.21. The summed E-state index contributed by atoms with van der Waals surface area (Å²) in [5.41, 5.74) is 2.27. The second-order valence-electron chi connectivity index (χ2n) is 4.36. The predicted octanol–water partition coefficient (Wildman–Crippen LogP) is 2.87. The van der Waals surface area contributed by atoms with Gasteiger partial charge in [0.1, 0.15) is 10.7 Å². The van der Waals surface area contributed by atoms with E-state index in [0.29, 0.717) is 5.75 Å². The summed E-state index contributed by atoms with van der Waals surface area (Å²) >= 11 is 3.32. The lowest BCUT2D eigenvalue weighted by Gasteiger charge is -2.13. The molecule has 1 atom stereocenters. The molecule has 1 aromatic carbocycles. The van der Waals surface area contributed by atoms with Crippen molar-refractivity contribution in [1.82, 2.24) is 5.43 Å². The second kappa shape index (κ2) is 7.54. The number of furan rings is 1. The Morgan fingerprint density at radius 2 is 2.17 bits per heavy atom. The lowest BCUT2D eigenvalue weighted by Crippen LogP contribution is -2.33. The number of hydrogen-bond donors (Lipinski definition) is 1. The van der Waals surface area contributed by atoms with Crippen LogP contribution in [-0.4, -0.2) is 23.1 Å². The summed E-state index contributed by atoms with van der Waals surface area (Å²) in [6.07, 6.45) is 0.382. The maximum atomic E-state index is 11.9. The minimum absolute atomic E-state index is 0.149. The molecular weight excluding hydrogens is 370 g/mol. The van der Waals surface area contributed by atoms with E-state index in [2.05, 4.69) is 26.5 Å². The van der Waals surface area contributed by atoms with Crippen LogP contribution in [0.15, 0.2) is 50.4 Å². The van der Waals surface area contributed by atoms with Crippen LogP contribution in [0.2, 0.25) is 0 Å². The molecular formula is C14H12BrN3O5. The van der Waals surface area contributed by atoms with Crippen molar-refractivity contribution in [1.29, 1.82) is 0 Å². The summed E-state index contributed by atoms with van der Waals surface area (Å²) in [4.78, 5) is 21.7. The molecule has 1 amide bonds. The molecule has 1 aromatic heterocycles. The first-order valence-electron chi connectivity index (χ1n) is 6.45. The van der Waals surface area contributed by atoms with E-state index in [9.17, 15) is 14.9 Å². The van der Waals surface area contributed by atoms with Crippen LogP contribution in [0.25, 0.3) is 0 Å². The van der Waals surface area contributed by atoms with E-state index in [4.69, 9.17) is 9.15 Å². The smallest absolute Gasteiger partial charge is 0.433 e. The molecule has 0 saturated heterocycles. The van der Waals surface area contributed by atoms with Crippen LogP contribution in [0, 0.1) is 10.1 Å². The molecule has 9 heteroatoms. The molecule has 1 N–H and O–H groups in total. The van der Waals surface area contributed by atoms with E-state index in [1.54, 1.807) is 25.1 Å². The van der Waals surface area contributed by atoms with Crippen molar-refractivity contribution < 1.29 is 18.9 Å². The minimum atomic E-state index is -0.781. The van der Waals surface area contributed by atoms with Crippen LogP contribution in [0.1, 0.15) is 12.7 Å². The summed E-state index contributed by atoms with van der Waals surface area (Å²) in [5, 5.41) is 14.1. The Balaban J connectivity index is 1.89. The molecule has 0 radical (unpaired) electrons. The van der Waals surface area contributed by atoms with Gasteiger partial charge in [0.05, 0.1) is 16.8 Å². The zero-order chi connectivity index (χ0) is 16.8. The van der Waals surface area contributed by atoms with Gasteiger partial charge >= 0.3 is 5.88 Å². The third-order valence-electron chi connectivity index (χ3n) is 2.67. The number of ether oxygens (including phenoxy) is 1. The number of carbonyl (C=O) groups excluding carboxylic acids is 1. The fourth-order valence-corrected chi connectivity index (χ4v) is 1.92. The van der Waals surface area contributed by atoms with Gasteiger partial charge in [-0.1, -0.05) is 12.1 Å². The van der Waals surface area contributed by atoms with Crippen molar-refractivity contribution in [3.63, 3.8) is 0 Å². The summed E-state index contributed by atoms with van der Waals surface area (Å²) in [6, 6.07) is 9.69. The Kier molecular flexibility index (Phi) is 5.47. The average molecular weight is 382 g/mol. The molecule has 0 spiro atoms. The normalized spacial score (nSPS) is 12.1. The molecule has 23 heavy (non-hydrogen) atoms. The van der Waals surface area contributed by atoms with Gasteiger partial charge in [-0.15, -0.1) is 0 Å². The largest absolute Gasteiger partial charge is 0.480 e. The van der Waals surface area contributed by atoms with Crippen LogP contribution >= 0.6 is 15.9 Å². The van der Waals surface area contributed by atoms with Gasteiger partial charge in [0.25, 0.3) is 5.91 Å². The van der Waals surface area contributed by atoms with Crippen LogP contribution < -0.4 is 10.2 Å². The van der Waals surface area contributed by atoms with Crippen LogP contribution in [0.4, 0.5) is 5.88 Å². The first-order valence-corrected chi connectivity index (χ1v) is 7.25. The van der Waals surface area contributed by atoms with E-state index in [-0.39, 0.29) is 5.76 Å². The zero-order valence-electron chi connectivity index (χ0n) is 11.9. The molecule has 8 nitrogen and oxygen atoms in total. The quantitative estimate of drug-likeness (QED) is 0.470. The first kappa shape index (κ1) is 16.7. The Labute approximate surface area is 139 Å². The van der Waals surface area contributed by atoms with E-state index in [1.165, 1.54) is 12.1 Å². The number of nitrogens with zero attached hydrogens (tertiary/aromatic N) is 2. The van der Waals surface area contributed by atoms with Gasteiger partial charge < -0.3 is 9.15 Å². The number of carbonyl (C=O) groups is 1. The van der Waals surface area contributed by atoms with Crippen LogP contribution in [0.3, 0.4) is 0 Å². The number of benzene rings is 1. The highest BCUT2D eigenvalue weighted by Crippen LogP contribution is 2.24. The highest BCUT2D eigenvalue weighted by atomic mass is 79.9. The number of halogens is 1. The van der Waals surface area contributed by atoms with Crippen molar-refractivity contribution >= 4 is 33.9 Å². The van der Waals surface area contributed by atoms with Crippen molar-refractivity contribution in [2.45, 2.75) is 13.0 Å². The van der Waals surface area contributed by atoms with E-state index >= 15 is 0 Å². The lowest BCUT2D eigenvalue weighted by molar-refractivity contribution is -0.402. The molecule has 0 aliphatic carbocycles. The number of nitro groups is 1. The highest BCUT2D eigenvalue weighted by Gasteiger charge is 2.15. The van der Waals surface area contributed by atoms with E-state index in [0.717, 1.165) is 10.7 Å². The Morgan fingerprint density at radius 1 is 1.43 bits per heavy atom. The number of hydrazone groups is 1. The van der Waals surface area contributed by atoms with Gasteiger partial charge in [0, 0.05) is 0 Å². The predicted molar refractivity (Wildman–Crippen MR) is 85.3 cm³/mol. The van der Waals surface area contributed by atoms with Crippen LogP contribution in [0.5, 0.6) is 5.75 Å². The maximum Gasteiger partial charge on any atom is 0.433 e. The van der Waals surface area contributed by atoms with Crippen LogP contribution in [-0.2, 0) is 4.79 Å². The van der Waals surface area contributed by atoms with Gasteiger partial charge in [-0.25, -0.2) is 5.43 Å². The fourth-order valence-electron chi connectivity index (χ4n) is 1.54. The van der Waals surface area contributed by atoms with Gasteiger partial charge in [-0.3, -0.25) is 14.9 Å². The molecule has 0 aliphatic heterocycles. The van der Waals surface area contributed by atoms with E-state index in [1.807, 2.05) is 6.07 Å². The third kappa shape index (κ3) is 4.65. The monoisotopic (exact) mass is 381 g/mol. The Hall–Kier alpha value is -2.68. The Morgan fingerprint density at radius 3 is 2.83 bits per heavy atom. The molecule has 2 rings (SSSR count). The standard InChI is InChI=1S/C14H12BrN3O5/c1-9(22-12-5-3-2-4-11(12)15)14(19)17-16-8-10-6-7-13(23-10)18(20)21/h2-9H,1H3,(H,17,19)/b16-8-/t9-/m0/s1. The number of nitrogens with one attached hydrogen (secondary N) is 1. The minimum Gasteiger partial charge on any atom is -0.480 e. The lowest BCUT2D eigenvalue weighted by atomic mass is 10.3. The van der Waals surface area contributed by atoms with Crippen molar-refractivity contribution in [2.24, 2.45) is 5.10 Å². The molecule has 1 heterocycles. The molecule has 0 fully saturated rings. The zero-order valence-corrected chi connectivity index (χ0v) is 13.5. The van der Waals surface area contributed by atoms with Gasteiger partial charge in [-0.2, -0.15) is 5.10 Å². The van der Waals surface area contributed by atoms with Gasteiger partial charge in [0.2, 0.25) is 0 Å². The van der Waals surface area contributed by atoms with Gasteiger partial charge in [0.15, 0.2) is 11.9 Å². The third-order valence-corrected chi connectivity index (χ3v) is 3.32. The van der Waals surface area contributed by atoms with E-state index < -0.39 is 22.8 Å².